The molecule has 0 aliphatic carbocycles. The SMILES string of the molecule is O=C(c1ccccc1N1CCCC1)c1ccccc1N1CCCC1. The van der Waals surface area contributed by atoms with E-state index in [0.29, 0.717) is 0 Å². The van der Waals surface area contributed by atoms with Gasteiger partial charge in [-0.2, -0.15) is 0 Å². The molecule has 0 radical (unpaired) electrons. The Morgan fingerprint density at radius 1 is 0.625 bits per heavy atom. The van der Waals surface area contributed by atoms with Gasteiger partial charge in [-0.15, -0.1) is 0 Å². The number of carbonyl (C=O) groups excluding carboxylic acids is 1. The number of carbonyl (C=O) groups is 1. The van der Waals surface area contributed by atoms with E-state index in [0.717, 1.165) is 48.7 Å². The maximum atomic E-state index is 13.3. The highest BCUT2D eigenvalue weighted by molar-refractivity contribution is 6.15. The average Bonchev–Trinajstić information content (AvgIpc) is 3.35. The van der Waals surface area contributed by atoms with Gasteiger partial charge in [0.05, 0.1) is 0 Å². The van der Waals surface area contributed by atoms with E-state index in [1.165, 1.54) is 25.7 Å². The summed E-state index contributed by atoms with van der Waals surface area (Å²) in [4.78, 5) is 18.1. The minimum Gasteiger partial charge on any atom is -0.371 e. The van der Waals surface area contributed by atoms with Gasteiger partial charge in [-0.05, 0) is 49.9 Å². The van der Waals surface area contributed by atoms with Gasteiger partial charge in [-0.3, -0.25) is 4.79 Å². The molecule has 0 aromatic heterocycles. The zero-order chi connectivity index (χ0) is 16.4. The molecule has 2 aliphatic heterocycles. The van der Waals surface area contributed by atoms with E-state index in [-0.39, 0.29) is 5.78 Å². The third kappa shape index (κ3) is 2.79. The smallest absolute Gasteiger partial charge is 0.197 e. The van der Waals surface area contributed by atoms with Crippen molar-refractivity contribution in [2.75, 3.05) is 36.0 Å². The second-order valence-electron chi connectivity index (χ2n) is 6.75. The standard InChI is InChI=1S/C21H24N2O/c24-21(17-9-1-3-11-19(17)22-13-5-6-14-22)18-10-2-4-12-20(18)23-15-7-8-16-23/h1-4,9-12H,5-8,13-16H2. The van der Waals surface area contributed by atoms with Gasteiger partial charge in [0, 0.05) is 48.7 Å². The molecule has 2 saturated heterocycles. The van der Waals surface area contributed by atoms with Crippen LogP contribution in [0.2, 0.25) is 0 Å². The number of anilines is 2. The van der Waals surface area contributed by atoms with Crippen molar-refractivity contribution in [3.63, 3.8) is 0 Å². The number of hydrogen-bond donors (Lipinski definition) is 0. The van der Waals surface area contributed by atoms with Crippen LogP contribution >= 0.6 is 0 Å². The molecular formula is C21H24N2O. The van der Waals surface area contributed by atoms with E-state index < -0.39 is 0 Å². The Kier molecular flexibility index (Phi) is 4.24. The molecule has 2 aromatic rings. The predicted molar refractivity (Wildman–Crippen MR) is 99.2 cm³/mol. The third-order valence-electron chi connectivity index (χ3n) is 5.19. The highest BCUT2D eigenvalue weighted by Crippen LogP contribution is 2.31. The van der Waals surface area contributed by atoms with Crippen molar-refractivity contribution < 1.29 is 4.79 Å². The fourth-order valence-electron chi connectivity index (χ4n) is 3.94. The van der Waals surface area contributed by atoms with Crippen LogP contribution in [0.25, 0.3) is 0 Å². The largest absolute Gasteiger partial charge is 0.371 e. The quantitative estimate of drug-likeness (QED) is 0.792. The van der Waals surface area contributed by atoms with Crippen LogP contribution in [0.5, 0.6) is 0 Å². The van der Waals surface area contributed by atoms with Crippen molar-refractivity contribution >= 4 is 17.2 Å². The zero-order valence-corrected chi connectivity index (χ0v) is 14.1. The molecule has 124 valence electrons. The molecule has 0 bridgehead atoms. The molecule has 0 N–H and O–H groups in total. The van der Waals surface area contributed by atoms with Crippen LogP contribution < -0.4 is 9.80 Å². The fourth-order valence-corrected chi connectivity index (χ4v) is 3.94. The monoisotopic (exact) mass is 320 g/mol. The molecular weight excluding hydrogens is 296 g/mol. The fraction of sp³-hybridized carbons (Fsp3) is 0.381. The normalized spacial score (nSPS) is 17.5. The highest BCUT2D eigenvalue weighted by atomic mass is 16.1. The molecule has 2 aromatic carbocycles. The molecule has 4 rings (SSSR count). The lowest BCUT2D eigenvalue weighted by Crippen LogP contribution is -2.23. The van der Waals surface area contributed by atoms with Crippen LogP contribution in [0.3, 0.4) is 0 Å². The molecule has 3 nitrogen and oxygen atoms in total. The summed E-state index contributed by atoms with van der Waals surface area (Å²) in [7, 11) is 0. The summed E-state index contributed by atoms with van der Waals surface area (Å²) in [6.45, 7) is 4.21. The van der Waals surface area contributed by atoms with Gasteiger partial charge in [0.25, 0.3) is 0 Å². The van der Waals surface area contributed by atoms with E-state index in [2.05, 4.69) is 21.9 Å². The van der Waals surface area contributed by atoms with Gasteiger partial charge in [-0.1, -0.05) is 24.3 Å². The Balaban J connectivity index is 1.72. The molecule has 2 aliphatic rings. The van der Waals surface area contributed by atoms with Gasteiger partial charge in [0.1, 0.15) is 0 Å². The highest BCUT2D eigenvalue weighted by Gasteiger charge is 2.24. The summed E-state index contributed by atoms with van der Waals surface area (Å²) in [5.74, 6) is 0.153. The first-order chi connectivity index (χ1) is 11.8. The number of ketones is 1. The molecule has 2 heterocycles. The maximum Gasteiger partial charge on any atom is 0.197 e. The molecule has 0 amide bonds. The topological polar surface area (TPSA) is 23.6 Å². The van der Waals surface area contributed by atoms with Crippen LogP contribution in [0.15, 0.2) is 48.5 Å². The molecule has 0 atom stereocenters. The van der Waals surface area contributed by atoms with Crippen molar-refractivity contribution in [3.05, 3.63) is 59.7 Å². The Bertz CT molecular complexity index is 667. The van der Waals surface area contributed by atoms with Crippen LogP contribution in [0.1, 0.15) is 41.6 Å². The van der Waals surface area contributed by atoms with Crippen LogP contribution in [0, 0.1) is 0 Å². The lowest BCUT2D eigenvalue weighted by atomic mass is 9.99. The number of para-hydroxylation sites is 2. The van der Waals surface area contributed by atoms with Crippen LogP contribution in [-0.4, -0.2) is 32.0 Å². The van der Waals surface area contributed by atoms with Crippen molar-refractivity contribution in [3.8, 4) is 0 Å². The summed E-state index contributed by atoms with van der Waals surface area (Å²) in [6.07, 6.45) is 4.86. The Morgan fingerprint density at radius 3 is 1.42 bits per heavy atom. The lowest BCUT2D eigenvalue weighted by Gasteiger charge is -2.23. The first-order valence-electron chi connectivity index (χ1n) is 9.07. The van der Waals surface area contributed by atoms with Crippen molar-refractivity contribution in [1.29, 1.82) is 0 Å². The third-order valence-corrected chi connectivity index (χ3v) is 5.19. The van der Waals surface area contributed by atoms with Crippen LogP contribution in [-0.2, 0) is 0 Å². The van der Waals surface area contributed by atoms with E-state index in [1.807, 2.05) is 36.4 Å². The van der Waals surface area contributed by atoms with Gasteiger partial charge in [-0.25, -0.2) is 0 Å². The first kappa shape index (κ1) is 15.3. The van der Waals surface area contributed by atoms with Crippen LogP contribution in [0.4, 0.5) is 11.4 Å². The molecule has 2 fully saturated rings. The summed E-state index contributed by atoms with van der Waals surface area (Å²) < 4.78 is 0. The minimum atomic E-state index is 0.153. The van der Waals surface area contributed by atoms with E-state index in [4.69, 9.17) is 0 Å². The van der Waals surface area contributed by atoms with E-state index >= 15 is 0 Å². The predicted octanol–water partition coefficient (Wildman–Crippen LogP) is 4.12. The second kappa shape index (κ2) is 6.68. The summed E-state index contributed by atoms with van der Waals surface area (Å²) in [5.41, 5.74) is 3.87. The van der Waals surface area contributed by atoms with Gasteiger partial charge < -0.3 is 9.80 Å². The summed E-state index contributed by atoms with van der Waals surface area (Å²) in [5, 5.41) is 0. The molecule has 3 heteroatoms. The number of hydrogen-bond acceptors (Lipinski definition) is 3. The van der Waals surface area contributed by atoms with Crippen molar-refractivity contribution in [1.82, 2.24) is 0 Å². The number of benzene rings is 2. The minimum absolute atomic E-state index is 0.153. The lowest BCUT2D eigenvalue weighted by molar-refractivity contribution is 0.103. The molecule has 24 heavy (non-hydrogen) atoms. The summed E-state index contributed by atoms with van der Waals surface area (Å²) >= 11 is 0. The second-order valence-corrected chi connectivity index (χ2v) is 6.75. The van der Waals surface area contributed by atoms with E-state index in [1.54, 1.807) is 0 Å². The van der Waals surface area contributed by atoms with Gasteiger partial charge in [0.15, 0.2) is 5.78 Å². The molecule has 0 spiro atoms. The van der Waals surface area contributed by atoms with Crippen molar-refractivity contribution in [2.45, 2.75) is 25.7 Å². The molecule has 0 saturated carbocycles. The zero-order valence-electron chi connectivity index (χ0n) is 14.1. The molecule has 0 unspecified atom stereocenters. The Morgan fingerprint density at radius 2 is 1.00 bits per heavy atom. The van der Waals surface area contributed by atoms with E-state index in [9.17, 15) is 4.79 Å². The first-order valence-corrected chi connectivity index (χ1v) is 9.07. The number of nitrogens with zero attached hydrogens (tertiary/aromatic N) is 2. The maximum absolute atomic E-state index is 13.3. The Labute approximate surface area is 143 Å². The average molecular weight is 320 g/mol. The van der Waals surface area contributed by atoms with Crippen molar-refractivity contribution in [2.24, 2.45) is 0 Å². The summed E-state index contributed by atoms with van der Waals surface area (Å²) in [6, 6.07) is 16.2. The van der Waals surface area contributed by atoms with Gasteiger partial charge >= 0.3 is 0 Å². The van der Waals surface area contributed by atoms with Gasteiger partial charge in [0.2, 0.25) is 0 Å². The Hall–Kier alpha value is -2.29. The number of rotatable bonds is 4.